The van der Waals surface area contributed by atoms with Crippen molar-refractivity contribution in [2.75, 3.05) is 6.54 Å². The zero-order chi connectivity index (χ0) is 26.3. The maximum absolute atomic E-state index is 13.3. The predicted molar refractivity (Wildman–Crippen MR) is 151 cm³/mol. The van der Waals surface area contributed by atoms with E-state index < -0.39 is 0 Å². The maximum atomic E-state index is 13.3. The first-order chi connectivity index (χ1) is 17.7. The number of piperidine rings is 1. The minimum atomic E-state index is 0.122. The van der Waals surface area contributed by atoms with E-state index in [4.69, 9.17) is 0 Å². The third-order valence-corrected chi connectivity index (χ3v) is 11.1. The maximum Gasteiger partial charge on any atom is 0.223 e. The summed E-state index contributed by atoms with van der Waals surface area (Å²) in [4.78, 5) is 18.9. The fourth-order valence-corrected chi connectivity index (χ4v) is 8.61. The van der Waals surface area contributed by atoms with Gasteiger partial charge in [0.2, 0.25) is 5.91 Å². The van der Waals surface area contributed by atoms with Crippen LogP contribution in [0.25, 0.3) is 0 Å². The number of aromatic nitrogens is 3. The van der Waals surface area contributed by atoms with Crippen LogP contribution in [0.15, 0.2) is 0 Å². The molecule has 1 aliphatic carbocycles. The van der Waals surface area contributed by atoms with E-state index in [0.717, 1.165) is 37.5 Å². The number of nitrogens with one attached hydrogen (secondary N) is 1. The quantitative estimate of drug-likeness (QED) is 0.417. The lowest BCUT2D eigenvalue weighted by atomic mass is 9.88. The van der Waals surface area contributed by atoms with Crippen LogP contribution >= 0.6 is 11.3 Å². The second-order valence-corrected chi connectivity index (χ2v) is 13.6. The molecule has 2 aromatic rings. The Labute approximate surface area is 227 Å². The Morgan fingerprint density at radius 2 is 1.62 bits per heavy atom. The summed E-state index contributed by atoms with van der Waals surface area (Å²) in [5.74, 6) is 3.09. The molecular weight excluding hydrogens is 478 g/mol. The summed E-state index contributed by atoms with van der Waals surface area (Å²) in [5.41, 5.74) is 2.77. The first kappa shape index (κ1) is 26.9. The Hall–Kier alpha value is -1.73. The van der Waals surface area contributed by atoms with E-state index in [1.54, 1.807) is 0 Å². The van der Waals surface area contributed by atoms with Gasteiger partial charge in [0.05, 0.1) is 6.04 Å². The molecule has 6 nitrogen and oxygen atoms in total. The molecule has 37 heavy (non-hydrogen) atoms. The molecule has 2 aromatic heterocycles. The highest BCUT2D eigenvalue weighted by Gasteiger charge is 2.42. The van der Waals surface area contributed by atoms with Gasteiger partial charge in [0.1, 0.15) is 11.6 Å². The highest BCUT2D eigenvalue weighted by molar-refractivity contribution is 7.12. The van der Waals surface area contributed by atoms with E-state index in [2.05, 4.69) is 66.5 Å². The Morgan fingerprint density at radius 1 is 0.946 bits per heavy atom. The van der Waals surface area contributed by atoms with Crippen LogP contribution in [0.4, 0.5) is 0 Å². The van der Waals surface area contributed by atoms with Crippen molar-refractivity contribution < 1.29 is 4.79 Å². The van der Waals surface area contributed by atoms with Gasteiger partial charge in [-0.1, -0.05) is 33.1 Å². The fourth-order valence-electron chi connectivity index (χ4n) is 7.35. The zero-order valence-corrected chi connectivity index (χ0v) is 24.7. The first-order valence-corrected chi connectivity index (χ1v) is 15.6. The monoisotopic (exact) mass is 525 g/mol. The zero-order valence-electron chi connectivity index (χ0n) is 23.8. The molecule has 2 aliphatic heterocycles. The van der Waals surface area contributed by atoms with Crippen molar-refractivity contribution in [2.45, 2.75) is 136 Å². The SMILES string of the molecule is Cc1sc([C@H](CCN2C3CCC2CC(n2c(C)nnc2C(C)C)C3)NC(=O)C2CCCCC2)c(C)c1C. The van der Waals surface area contributed by atoms with Gasteiger partial charge in [0, 0.05) is 46.3 Å². The van der Waals surface area contributed by atoms with Crippen molar-refractivity contribution in [1.82, 2.24) is 25.0 Å². The Balaban J connectivity index is 1.29. The summed E-state index contributed by atoms with van der Waals surface area (Å²) >= 11 is 1.90. The molecule has 2 saturated heterocycles. The third kappa shape index (κ3) is 5.40. The number of nitrogens with zero attached hydrogens (tertiary/aromatic N) is 4. The average molecular weight is 526 g/mol. The number of aryl methyl sites for hydroxylation is 2. The number of thiophene rings is 1. The number of hydrogen-bond donors (Lipinski definition) is 1. The van der Waals surface area contributed by atoms with Crippen LogP contribution in [-0.2, 0) is 4.79 Å². The molecule has 7 heteroatoms. The van der Waals surface area contributed by atoms with Crippen LogP contribution in [0.3, 0.4) is 0 Å². The van der Waals surface area contributed by atoms with E-state index in [0.29, 0.717) is 30.0 Å². The minimum Gasteiger partial charge on any atom is -0.348 e. The van der Waals surface area contributed by atoms with Crippen LogP contribution < -0.4 is 5.32 Å². The summed E-state index contributed by atoms with van der Waals surface area (Å²) in [6.07, 6.45) is 11.7. The van der Waals surface area contributed by atoms with E-state index in [-0.39, 0.29) is 12.0 Å². The van der Waals surface area contributed by atoms with E-state index >= 15 is 0 Å². The molecular formula is C30H47N5OS. The molecule has 0 aromatic carbocycles. The van der Waals surface area contributed by atoms with Crippen molar-refractivity contribution in [2.24, 2.45) is 5.92 Å². The van der Waals surface area contributed by atoms with Gasteiger partial charge in [-0.25, -0.2) is 0 Å². The smallest absolute Gasteiger partial charge is 0.223 e. The van der Waals surface area contributed by atoms with Crippen molar-refractivity contribution in [3.8, 4) is 0 Å². The van der Waals surface area contributed by atoms with Gasteiger partial charge >= 0.3 is 0 Å². The molecule has 1 amide bonds. The highest BCUT2D eigenvalue weighted by Crippen LogP contribution is 2.43. The molecule has 2 unspecified atom stereocenters. The first-order valence-electron chi connectivity index (χ1n) is 14.8. The summed E-state index contributed by atoms with van der Waals surface area (Å²) in [5, 5.41) is 12.5. The van der Waals surface area contributed by atoms with E-state index in [1.165, 1.54) is 65.8 Å². The topological polar surface area (TPSA) is 63.1 Å². The lowest BCUT2D eigenvalue weighted by Gasteiger charge is -2.40. The van der Waals surface area contributed by atoms with Crippen LogP contribution in [0.5, 0.6) is 0 Å². The van der Waals surface area contributed by atoms with Crippen LogP contribution in [0, 0.1) is 33.6 Å². The average Bonchev–Trinajstić information content (AvgIpc) is 3.48. The number of carbonyl (C=O) groups is 1. The van der Waals surface area contributed by atoms with Crippen molar-refractivity contribution >= 4 is 17.2 Å². The minimum absolute atomic E-state index is 0.122. The molecule has 204 valence electrons. The van der Waals surface area contributed by atoms with Gasteiger partial charge in [0.15, 0.2) is 0 Å². The van der Waals surface area contributed by atoms with Crippen molar-refractivity contribution in [3.63, 3.8) is 0 Å². The van der Waals surface area contributed by atoms with Gasteiger partial charge < -0.3 is 9.88 Å². The molecule has 3 aliphatic rings. The number of hydrogen-bond acceptors (Lipinski definition) is 5. The third-order valence-electron chi connectivity index (χ3n) is 9.64. The van der Waals surface area contributed by atoms with Gasteiger partial charge in [-0.05, 0) is 83.8 Å². The Bertz CT molecular complexity index is 1080. The number of fused-ring (bicyclic) bond motifs is 2. The highest BCUT2D eigenvalue weighted by atomic mass is 32.1. The van der Waals surface area contributed by atoms with Gasteiger partial charge in [0.25, 0.3) is 0 Å². The van der Waals surface area contributed by atoms with E-state index in [1.807, 2.05) is 11.3 Å². The molecule has 0 radical (unpaired) electrons. The van der Waals surface area contributed by atoms with Crippen molar-refractivity contribution in [1.29, 1.82) is 0 Å². The van der Waals surface area contributed by atoms with E-state index in [9.17, 15) is 4.79 Å². The fraction of sp³-hybridized carbons (Fsp3) is 0.767. The molecule has 3 atom stereocenters. The molecule has 4 heterocycles. The lowest BCUT2D eigenvalue weighted by Crippen LogP contribution is -2.45. The molecule has 5 rings (SSSR count). The molecule has 3 fully saturated rings. The predicted octanol–water partition coefficient (Wildman–Crippen LogP) is 6.69. The van der Waals surface area contributed by atoms with Gasteiger partial charge in [-0.3, -0.25) is 9.69 Å². The lowest BCUT2D eigenvalue weighted by molar-refractivity contribution is -0.126. The van der Waals surface area contributed by atoms with Gasteiger partial charge in [-0.15, -0.1) is 21.5 Å². The number of amides is 1. The normalized spacial score (nSPS) is 25.6. The molecule has 1 saturated carbocycles. The standard InChI is InChI=1S/C30H47N5OS/c1-18(2)29-33-32-22(6)35(29)26-16-24-12-13-25(17-26)34(24)15-14-27(28-20(4)19(3)21(5)37-28)31-30(36)23-10-8-7-9-11-23/h18,23-27H,7-17H2,1-6H3,(H,31,36)/t24?,25?,26?,27-/m0/s1. The van der Waals surface area contributed by atoms with Crippen molar-refractivity contribution in [3.05, 3.63) is 32.5 Å². The molecule has 2 bridgehead atoms. The largest absolute Gasteiger partial charge is 0.348 e. The Morgan fingerprint density at radius 3 is 2.22 bits per heavy atom. The van der Waals surface area contributed by atoms with Gasteiger partial charge in [-0.2, -0.15) is 0 Å². The van der Waals surface area contributed by atoms with Crippen LogP contribution in [-0.4, -0.2) is 44.2 Å². The summed E-state index contributed by atoms with van der Waals surface area (Å²) in [6, 6.07) is 1.87. The summed E-state index contributed by atoms with van der Waals surface area (Å²) in [7, 11) is 0. The summed E-state index contributed by atoms with van der Waals surface area (Å²) < 4.78 is 2.45. The molecule has 1 N–H and O–H groups in total. The second kappa shape index (κ2) is 11.2. The number of rotatable bonds is 8. The Kier molecular flexibility index (Phi) is 8.11. The van der Waals surface area contributed by atoms with Crippen LogP contribution in [0.2, 0.25) is 0 Å². The molecule has 0 spiro atoms. The summed E-state index contributed by atoms with van der Waals surface area (Å²) in [6.45, 7) is 14.3. The van der Waals surface area contributed by atoms with Crippen LogP contribution in [0.1, 0.15) is 129 Å². The second-order valence-electron chi connectivity index (χ2n) is 12.3. The number of carbonyl (C=O) groups excluding carboxylic acids is 1.